The van der Waals surface area contributed by atoms with Crippen LogP contribution in [-0.2, 0) is 26.2 Å². The lowest BCUT2D eigenvalue weighted by Gasteiger charge is -2.27. The molecule has 0 N–H and O–H groups in total. The van der Waals surface area contributed by atoms with Gasteiger partial charge in [0.1, 0.15) is 0 Å². The van der Waals surface area contributed by atoms with E-state index < -0.39 is 5.41 Å². The predicted molar refractivity (Wildman–Crippen MR) is 132 cm³/mol. The number of allylic oxidation sites excluding steroid dienone is 1. The fraction of sp³-hybridized carbons (Fsp3) is 0.414. The van der Waals surface area contributed by atoms with Gasteiger partial charge in [-0.2, -0.15) is 0 Å². The van der Waals surface area contributed by atoms with Crippen molar-refractivity contribution in [3.8, 4) is 0 Å². The minimum Gasteiger partial charge on any atom is -0.465 e. The number of ether oxygens (including phenoxy) is 1. The highest BCUT2D eigenvalue weighted by atomic mass is 16.5. The Balaban J connectivity index is 1.43. The van der Waals surface area contributed by atoms with E-state index >= 15 is 0 Å². The summed E-state index contributed by atoms with van der Waals surface area (Å²) in [6, 6.07) is 15.6. The first-order valence-corrected chi connectivity index (χ1v) is 12.2. The lowest BCUT2D eigenvalue weighted by Crippen LogP contribution is -2.35. The van der Waals surface area contributed by atoms with Crippen LogP contribution in [0.4, 0.5) is 0 Å². The molecule has 2 aliphatic rings. The second-order valence-corrected chi connectivity index (χ2v) is 9.51. The number of methoxy groups -OCH3 is 1. The van der Waals surface area contributed by atoms with Crippen molar-refractivity contribution in [2.24, 2.45) is 0 Å². The van der Waals surface area contributed by atoms with Gasteiger partial charge in [-0.15, -0.1) is 0 Å². The molecule has 1 heterocycles. The van der Waals surface area contributed by atoms with Gasteiger partial charge in [-0.1, -0.05) is 60.9 Å². The number of carbonyl (C=O) groups excluding carboxylic acids is 3. The quantitative estimate of drug-likeness (QED) is 0.414. The van der Waals surface area contributed by atoms with Crippen LogP contribution >= 0.6 is 0 Å². The molecule has 1 saturated heterocycles. The van der Waals surface area contributed by atoms with E-state index in [2.05, 4.69) is 31.2 Å². The van der Waals surface area contributed by atoms with Crippen LogP contribution in [0, 0.1) is 6.92 Å². The molecule has 1 atom stereocenters. The molecule has 5 nitrogen and oxygen atoms in total. The smallest absolute Gasteiger partial charge is 0.337 e. The van der Waals surface area contributed by atoms with Crippen molar-refractivity contribution in [2.45, 2.75) is 63.3 Å². The zero-order chi connectivity index (χ0) is 24.1. The molecular weight excluding hydrogens is 426 g/mol. The van der Waals surface area contributed by atoms with Crippen LogP contribution in [0.25, 0.3) is 0 Å². The number of hydrogen-bond donors (Lipinski definition) is 0. The van der Waals surface area contributed by atoms with Crippen molar-refractivity contribution in [1.82, 2.24) is 4.90 Å². The lowest BCUT2D eigenvalue weighted by atomic mass is 9.75. The highest BCUT2D eigenvalue weighted by Crippen LogP contribution is 2.42. The van der Waals surface area contributed by atoms with Gasteiger partial charge in [0.25, 0.3) is 0 Å². The molecule has 0 spiro atoms. The number of ketones is 1. The third-order valence-corrected chi connectivity index (χ3v) is 7.39. The molecule has 0 bridgehead atoms. The summed E-state index contributed by atoms with van der Waals surface area (Å²) in [4.78, 5) is 39.5. The van der Waals surface area contributed by atoms with Gasteiger partial charge in [0.15, 0.2) is 5.78 Å². The Kier molecular flexibility index (Phi) is 7.30. The molecule has 34 heavy (non-hydrogen) atoms. The van der Waals surface area contributed by atoms with E-state index in [1.807, 2.05) is 23.1 Å². The molecule has 1 amide bonds. The number of amides is 1. The Morgan fingerprint density at radius 1 is 1.06 bits per heavy atom. The molecule has 1 aliphatic carbocycles. The molecule has 5 heteroatoms. The number of rotatable bonds is 8. The molecule has 1 saturated carbocycles. The van der Waals surface area contributed by atoms with Crippen molar-refractivity contribution in [2.75, 3.05) is 13.7 Å². The van der Waals surface area contributed by atoms with Crippen LogP contribution in [0.15, 0.2) is 60.7 Å². The zero-order valence-corrected chi connectivity index (χ0v) is 20.1. The van der Waals surface area contributed by atoms with Crippen molar-refractivity contribution in [1.29, 1.82) is 0 Å². The highest BCUT2D eigenvalue weighted by Gasteiger charge is 2.41. The van der Waals surface area contributed by atoms with Crippen LogP contribution in [-0.4, -0.2) is 42.3 Å². The summed E-state index contributed by atoms with van der Waals surface area (Å²) in [6.45, 7) is 2.65. The summed E-state index contributed by atoms with van der Waals surface area (Å²) in [6.07, 6.45) is 9.52. The number of benzene rings is 2. The van der Waals surface area contributed by atoms with Gasteiger partial charge in [-0.3, -0.25) is 9.59 Å². The maximum atomic E-state index is 13.5. The Morgan fingerprint density at radius 2 is 1.74 bits per heavy atom. The number of nitrogens with zero attached hydrogens (tertiary/aromatic N) is 1. The van der Waals surface area contributed by atoms with Gasteiger partial charge in [0, 0.05) is 13.0 Å². The number of aryl methyl sites for hydroxylation is 1. The minimum atomic E-state index is -0.432. The Labute approximate surface area is 201 Å². The number of hydrogen-bond acceptors (Lipinski definition) is 4. The summed E-state index contributed by atoms with van der Waals surface area (Å²) in [5, 5.41) is 0. The average Bonchev–Trinajstić information content (AvgIpc) is 3.49. The fourth-order valence-electron chi connectivity index (χ4n) is 5.31. The van der Waals surface area contributed by atoms with Gasteiger partial charge in [0.2, 0.25) is 5.91 Å². The van der Waals surface area contributed by atoms with E-state index in [9.17, 15) is 14.4 Å². The van der Waals surface area contributed by atoms with Gasteiger partial charge >= 0.3 is 5.97 Å². The molecule has 1 unspecified atom stereocenters. The molecule has 4 rings (SSSR count). The second-order valence-electron chi connectivity index (χ2n) is 9.51. The summed E-state index contributed by atoms with van der Waals surface area (Å²) in [7, 11) is 1.36. The SMILES string of the molecule is COC(=O)c1ccc(CCN2C(=O)CCC2C=CC(=O)C2(c3ccc(C)cc3)CCCC2)cc1. The number of likely N-dealkylation sites (tertiary alicyclic amines) is 1. The second kappa shape index (κ2) is 10.4. The molecule has 178 valence electrons. The maximum Gasteiger partial charge on any atom is 0.337 e. The number of esters is 1. The normalized spacial score (nSPS) is 19.6. The van der Waals surface area contributed by atoms with E-state index in [0.717, 1.165) is 43.2 Å². The van der Waals surface area contributed by atoms with Crippen LogP contribution in [0.5, 0.6) is 0 Å². The largest absolute Gasteiger partial charge is 0.465 e. The van der Waals surface area contributed by atoms with E-state index in [1.165, 1.54) is 12.7 Å². The summed E-state index contributed by atoms with van der Waals surface area (Å²) >= 11 is 0. The Hall–Kier alpha value is -3.21. The summed E-state index contributed by atoms with van der Waals surface area (Å²) in [5.74, 6) is -0.0734. The molecule has 2 aromatic carbocycles. The summed E-state index contributed by atoms with van der Waals surface area (Å²) in [5.41, 5.74) is 3.44. The van der Waals surface area contributed by atoms with Crippen molar-refractivity contribution >= 4 is 17.7 Å². The van der Waals surface area contributed by atoms with Crippen molar-refractivity contribution in [3.05, 3.63) is 82.9 Å². The first kappa shape index (κ1) is 23.9. The third-order valence-electron chi connectivity index (χ3n) is 7.39. The van der Waals surface area contributed by atoms with Crippen molar-refractivity contribution < 1.29 is 19.1 Å². The van der Waals surface area contributed by atoms with Gasteiger partial charge < -0.3 is 9.64 Å². The first-order chi connectivity index (χ1) is 16.4. The Morgan fingerprint density at radius 3 is 2.38 bits per heavy atom. The maximum absolute atomic E-state index is 13.5. The lowest BCUT2D eigenvalue weighted by molar-refractivity contribution is -0.128. The molecule has 2 fully saturated rings. The third kappa shape index (κ3) is 4.98. The summed E-state index contributed by atoms with van der Waals surface area (Å²) < 4.78 is 4.74. The van der Waals surface area contributed by atoms with Gasteiger partial charge in [-0.05, 0) is 61.9 Å². The topological polar surface area (TPSA) is 63.7 Å². The van der Waals surface area contributed by atoms with E-state index in [-0.39, 0.29) is 23.7 Å². The van der Waals surface area contributed by atoms with E-state index in [4.69, 9.17) is 4.74 Å². The van der Waals surface area contributed by atoms with Crippen LogP contribution in [0.1, 0.15) is 65.6 Å². The van der Waals surface area contributed by atoms with E-state index in [0.29, 0.717) is 24.9 Å². The van der Waals surface area contributed by atoms with Crippen LogP contribution in [0.2, 0.25) is 0 Å². The average molecular weight is 460 g/mol. The van der Waals surface area contributed by atoms with E-state index in [1.54, 1.807) is 18.2 Å². The minimum absolute atomic E-state index is 0.0535. The molecule has 1 aliphatic heterocycles. The zero-order valence-electron chi connectivity index (χ0n) is 20.1. The molecular formula is C29H33NO4. The Bertz CT molecular complexity index is 1060. The van der Waals surface area contributed by atoms with Gasteiger partial charge in [0.05, 0.1) is 24.1 Å². The van der Waals surface area contributed by atoms with Crippen LogP contribution in [0.3, 0.4) is 0 Å². The number of carbonyl (C=O) groups is 3. The molecule has 0 radical (unpaired) electrons. The highest BCUT2D eigenvalue weighted by molar-refractivity contribution is 5.99. The predicted octanol–water partition coefficient (Wildman–Crippen LogP) is 4.95. The standard InChI is InChI=1S/C29H33NO4/c1-21-5-11-24(12-6-21)29(18-3-4-19-29)26(31)15-13-25-14-16-27(32)30(25)20-17-22-7-9-23(10-8-22)28(33)34-2/h5-13,15,25H,3-4,14,16-20H2,1-2H3. The molecule has 2 aromatic rings. The monoisotopic (exact) mass is 459 g/mol. The first-order valence-electron chi connectivity index (χ1n) is 12.2. The van der Waals surface area contributed by atoms with Crippen molar-refractivity contribution in [3.63, 3.8) is 0 Å². The van der Waals surface area contributed by atoms with Gasteiger partial charge in [-0.25, -0.2) is 4.79 Å². The fourth-order valence-corrected chi connectivity index (χ4v) is 5.31. The molecule has 0 aromatic heterocycles. The van der Waals surface area contributed by atoms with Crippen LogP contribution < -0.4 is 0 Å².